The molecule has 0 amide bonds. The van der Waals surface area contributed by atoms with Gasteiger partial charge in [-0.25, -0.2) is 4.98 Å². The zero-order valence-corrected chi connectivity index (χ0v) is 12.8. The molecule has 3 rings (SSSR count). The summed E-state index contributed by atoms with van der Waals surface area (Å²) in [6.07, 6.45) is 2.00. The molecule has 4 nitrogen and oxygen atoms in total. The van der Waals surface area contributed by atoms with Crippen molar-refractivity contribution in [3.8, 4) is 5.69 Å². The van der Waals surface area contributed by atoms with Crippen molar-refractivity contribution in [3.63, 3.8) is 0 Å². The molecule has 1 unspecified atom stereocenters. The van der Waals surface area contributed by atoms with Crippen molar-refractivity contribution >= 4 is 22.6 Å². The Kier molecular flexibility index (Phi) is 3.05. The lowest BCUT2D eigenvalue weighted by molar-refractivity contribution is 0.756. The highest BCUT2D eigenvalue weighted by Gasteiger charge is 2.19. The van der Waals surface area contributed by atoms with Crippen LogP contribution in [0.3, 0.4) is 0 Å². The fraction of sp³-hybridized carbons (Fsp3) is 0.333. The lowest BCUT2D eigenvalue weighted by atomic mass is 10.2. The fourth-order valence-electron chi connectivity index (χ4n) is 2.58. The van der Waals surface area contributed by atoms with Crippen LogP contribution in [0.4, 0.5) is 0 Å². The van der Waals surface area contributed by atoms with E-state index in [-0.39, 0.29) is 5.38 Å². The van der Waals surface area contributed by atoms with Crippen LogP contribution in [0, 0.1) is 13.8 Å². The summed E-state index contributed by atoms with van der Waals surface area (Å²) in [5.41, 5.74) is 5.22. The van der Waals surface area contributed by atoms with Crippen molar-refractivity contribution < 1.29 is 0 Å². The molecule has 1 aromatic carbocycles. The Morgan fingerprint density at radius 1 is 1.25 bits per heavy atom. The summed E-state index contributed by atoms with van der Waals surface area (Å²) in [4.78, 5) is 4.73. The summed E-state index contributed by atoms with van der Waals surface area (Å²) in [5, 5.41) is 4.26. The number of imidazole rings is 1. The molecule has 0 radical (unpaired) electrons. The van der Waals surface area contributed by atoms with Crippen molar-refractivity contribution in [2.24, 2.45) is 7.05 Å². The highest BCUT2D eigenvalue weighted by Crippen LogP contribution is 2.30. The summed E-state index contributed by atoms with van der Waals surface area (Å²) in [7, 11) is 1.92. The van der Waals surface area contributed by atoms with Gasteiger partial charge in [-0.05, 0) is 32.4 Å². The number of rotatable bonds is 2. The normalized spacial score (nSPS) is 13.1. The molecule has 3 aromatic rings. The molecule has 0 aliphatic heterocycles. The molecule has 2 aromatic heterocycles. The zero-order chi connectivity index (χ0) is 14.4. The molecule has 0 saturated heterocycles. The van der Waals surface area contributed by atoms with Gasteiger partial charge in [0.05, 0.1) is 27.8 Å². The second kappa shape index (κ2) is 4.63. The average molecular weight is 289 g/mol. The van der Waals surface area contributed by atoms with Gasteiger partial charge in [-0.15, -0.1) is 11.6 Å². The first-order valence-corrected chi connectivity index (χ1v) is 7.05. The number of hydrogen-bond acceptors (Lipinski definition) is 2. The Hall–Kier alpha value is -1.81. The van der Waals surface area contributed by atoms with Crippen LogP contribution in [0.1, 0.15) is 29.4 Å². The molecule has 1 atom stereocenters. The van der Waals surface area contributed by atoms with Crippen LogP contribution in [-0.4, -0.2) is 19.3 Å². The first-order chi connectivity index (χ1) is 9.49. The van der Waals surface area contributed by atoms with E-state index in [1.54, 1.807) is 0 Å². The third kappa shape index (κ3) is 1.91. The van der Waals surface area contributed by atoms with Gasteiger partial charge in [0.25, 0.3) is 0 Å². The van der Waals surface area contributed by atoms with Crippen LogP contribution in [0.15, 0.2) is 24.4 Å². The third-order valence-corrected chi connectivity index (χ3v) is 3.69. The minimum atomic E-state index is -0.165. The second-order valence-corrected chi connectivity index (χ2v) is 5.79. The van der Waals surface area contributed by atoms with Crippen LogP contribution in [-0.2, 0) is 7.05 Å². The Morgan fingerprint density at radius 2 is 2.00 bits per heavy atom. The zero-order valence-electron chi connectivity index (χ0n) is 12.1. The quantitative estimate of drug-likeness (QED) is 0.675. The summed E-state index contributed by atoms with van der Waals surface area (Å²) in [5.74, 6) is 0.854. The number of aromatic nitrogens is 4. The van der Waals surface area contributed by atoms with Crippen LogP contribution in [0.5, 0.6) is 0 Å². The Balaban J connectivity index is 2.41. The van der Waals surface area contributed by atoms with Gasteiger partial charge in [-0.3, -0.25) is 9.25 Å². The van der Waals surface area contributed by atoms with Gasteiger partial charge in [0, 0.05) is 13.2 Å². The fourth-order valence-corrected chi connectivity index (χ4v) is 2.73. The molecule has 0 spiro atoms. The molecule has 0 fully saturated rings. The maximum atomic E-state index is 6.33. The number of alkyl halides is 1. The van der Waals surface area contributed by atoms with Crippen molar-refractivity contribution in [2.45, 2.75) is 26.1 Å². The Morgan fingerprint density at radius 3 is 2.60 bits per heavy atom. The van der Waals surface area contributed by atoms with E-state index in [4.69, 9.17) is 16.6 Å². The van der Waals surface area contributed by atoms with E-state index >= 15 is 0 Å². The van der Waals surface area contributed by atoms with Crippen molar-refractivity contribution in [1.29, 1.82) is 0 Å². The lowest BCUT2D eigenvalue weighted by Crippen LogP contribution is -2.02. The highest BCUT2D eigenvalue weighted by atomic mass is 35.5. The average Bonchev–Trinajstić information content (AvgIpc) is 2.90. The maximum absolute atomic E-state index is 6.33. The van der Waals surface area contributed by atoms with Crippen molar-refractivity contribution in [2.75, 3.05) is 0 Å². The molecule has 0 aliphatic rings. The lowest BCUT2D eigenvalue weighted by Gasteiger charge is -2.09. The molecule has 2 heterocycles. The first kappa shape index (κ1) is 13.2. The van der Waals surface area contributed by atoms with Gasteiger partial charge >= 0.3 is 0 Å². The number of para-hydroxylation sites is 1. The summed E-state index contributed by atoms with van der Waals surface area (Å²) in [6.45, 7) is 6.01. The first-order valence-electron chi connectivity index (χ1n) is 6.61. The van der Waals surface area contributed by atoms with Crippen LogP contribution < -0.4 is 0 Å². The van der Waals surface area contributed by atoms with Gasteiger partial charge in [-0.1, -0.05) is 12.1 Å². The van der Waals surface area contributed by atoms with Crippen LogP contribution in [0.2, 0.25) is 0 Å². The number of benzene rings is 1. The molecule has 0 saturated carbocycles. The molecule has 104 valence electrons. The van der Waals surface area contributed by atoms with E-state index in [9.17, 15) is 0 Å². The number of hydrogen-bond donors (Lipinski definition) is 0. The number of aryl methyl sites for hydroxylation is 3. The largest absolute Gasteiger partial charge is 0.292 e. The monoisotopic (exact) mass is 288 g/mol. The van der Waals surface area contributed by atoms with Gasteiger partial charge in [-0.2, -0.15) is 5.10 Å². The van der Waals surface area contributed by atoms with E-state index in [0.29, 0.717) is 0 Å². The van der Waals surface area contributed by atoms with E-state index in [1.165, 1.54) is 0 Å². The molecule has 20 heavy (non-hydrogen) atoms. The van der Waals surface area contributed by atoms with E-state index in [0.717, 1.165) is 33.8 Å². The molecule has 5 heteroatoms. The molecule has 0 N–H and O–H groups in total. The third-order valence-electron chi connectivity index (χ3n) is 3.50. The van der Waals surface area contributed by atoms with Gasteiger partial charge in [0.2, 0.25) is 0 Å². The Labute approximate surface area is 123 Å². The maximum Gasteiger partial charge on any atom is 0.132 e. The Bertz CT molecular complexity index is 783. The minimum absolute atomic E-state index is 0.165. The topological polar surface area (TPSA) is 35.6 Å². The van der Waals surface area contributed by atoms with Crippen LogP contribution >= 0.6 is 11.6 Å². The highest BCUT2D eigenvalue weighted by molar-refractivity contribution is 6.20. The smallest absolute Gasteiger partial charge is 0.132 e. The van der Waals surface area contributed by atoms with Gasteiger partial charge in [0.1, 0.15) is 5.82 Å². The summed E-state index contributed by atoms with van der Waals surface area (Å²) >= 11 is 6.33. The molecular weight excluding hydrogens is 272 g/mol. The number of halogens is 1. The summed E-state index contributed by atoms with van der Waals surface area (Å²) in [6, 6.07) is 6.19. The van der Waals surface area contributed by atoms with Crippen molar-refractivity contribution in [3.05, 3.63) is 41.5 Å². The SMILES string of the molecule is Cc1nn(C)cc1-n1c(C(C)Cl)nc2c(C)cccc21. The second-order valence-electron chi connectivity index (χ2n) is 5.14. The van der Waals surface area contributed by atoms with Crippen molar-refractivity contribution in [1.82, 2.24) is 19.3 Å². The van der Waals surface area contributed by atoms with Gasteiger partial charge in [0.15, 0.2) is 0 Å². The van der Waals surface area contributed by atoms with Crippen LogP contribution in [0.25, 0.3) is 16.7 Å². The summed E-state index contributed by atoms with van der Waals surface area (Å²) < 4.78 is 3.93. The van der Waals surface area contributed by atoms with E-state index in [1.807, 2.05) is 37.8 Å². The standard InChI is InChI=1S/C15H17ClN4/c1-9-6-5-7-12-14(9)17-15(10(2)16)20(12)13-8-19(4)18-11(13)3/h5-8,10H,1-4H3. The predicted molar refractivity (Wildman–Crippen MR) is 81.6 cm³/mol. The molecule has 0 bridgehead atoms. The number of nitrogens with zero attached hydrogens (tertiary/aromatic N) is 4. The number of fused-ring (bicyclic) bond motifs is 1. The predicted octanol–water partition coefficient (Wildman–Crippen LogP) is 3.68. The van der Waals surface area contributed by atoms with E-state index in [2.05, 4.69) is 28.7 Å². The van der Waals surface area contributed by atoms with Gasteiger partial charge < -0.3 is 0 Å². The molecule has 0 aliphatic carbocycles. The molecular formula is C15H17ClN4. The minimum Gasteiger partial charge on any atom is -0.292 e. The van der Waals surface area contributed by atoms with E-state index < -0.39 is 0 Å².